The second kappa shape index (κ2) is 7.95. The van der Waals surface area contributed by atoms with E-state index in [1.807, 2.05) is 0 Å². The normalized spacial score (nSPS) is 21.5. The summed E-state index contributed by atoms with van der Waals surface area (Å²) in [5.41, 5.74) is 3.37. The van der Waals surface area contributed by atoms with Gasteiger partial charge in [0.05, 0.1) is 0 Å². The summed E-state index contributed by atoms with van der Waals surface area (Å²) in [5.74, 6) is 0.619. The van der Waals surface area contributed by atoms with Crippen LogP contribution in [0.4, 0.5) is 0 Å². The van der Waals surface area contributed by atoms with Crippen LogP contribution in [0.3, 0.4) is 0 Å². The minimum atomic E-state index is 0.266. The summed E-state index contributed by atoms with van der Waals surface area (Å²) in [6.45, 7) is 10.5. The number of nitrogens with one attached hydrogen (secondary N) is 1. The molecule has 0 spiro atoms. The molecule has 2 rings (SSSR count). The van der Waals surface area contributed by atoms with E-state index in [2.05, 4.69) is 50.4 Å². The Kier molecular flexibility index (Phi) is 6.25. The highest BCUT2D eigenvalue weighted by Gasteiger charge is 2.35. The fraction of sp³-hybridized carbons (Fsp3) is 0.684. The van der Waals surface area contributed by atoms with Gasteiger partial charge in [0.25, 0.3) is 0 Å². The molecule has 0 saturated carbocycles. The maximum Gasteiger partial charge on any atom is 0.0488 e. The third kappa shape index (κ3) is 4.31. The van der Waals surface area contributed by atoms with Crippen LogP contribution >= 0.6 is 0 Å². The summed E-state index contributed by atoms with van der Waals surface area (Å²) in [7, 11) is 0. The van der Waals surface area contributed by atoms with Gasteiger partial charge in [-0.3, -0.25) is 0 Å². The van der Waals surface area contributed by atoms with Gasteiger partial charge in [0.2, 0.25) is 0 Å². The number of hydrogen-bond acceptors (Lipinski definition) is 2. The van der Waals surface area contributed by atoms with E-state index < -0.39 is 0 Å². The Morgan fingerprint density at radius 3 is 2.86 bits per heavy atom. The summed E-state index contributed by atoms with van der Waals surface area (Å²) in [4.78, 5) is 0. The molecule has 0 aromatic heterocycles. The summed E-state index contributed by atoms with van der Waals surface area (Å²) in [6.07, 6.45) is 4.94. The number of fused-ring (bicyclic) bond motifs is 1. The van der Waals surface area contributed by atoms with Gasteiger partial charge in [-0.1, -0.05) is 45.0 Å². The van der Waals surface area contributed by atoms with E-state index >= 15 is 0 Å². The number of rotatable bonds is 8. The van der Waals surface area contributed by atoms with Crippen LogP contribution in [-0.4, -0.2) is 26.3 Å². The van der Waals surface area contributed by atoms with Crippen LogP contribution in [0.5, 0.6) is 0 Å². The fourth-order valence-electron chi connectivity index (χ4n) is 3.49. The van der Waals surface area contributed by atoms with Crippen LogP contribution in [0.15, 0.2) is 24.3 Å². The number of likely N-dealkylation sites (N-methyl/N-ethyl adjacent to an activating group) is 1. The van der Waals surface area contributed by atoms with E-state index in [1.54, 1.807) is 11.1 Å². The maximum atomic E-state index is 5.89. The van der Waals surface area contributed by atoms with Crippen LogP contribution in [0, 0.1) is 5.92 Å². The molecule has 1 aliphatic carbocycles. The van der Waals surface area contributed by atoms with Gasteiger partial charge in [-0.2, -0.15) is 0 Å². The molecular weight excluding hydrogens is 258 g/mol. The quantitative estimate of drug-likeness (QED) is 0.732. The zero-order chi connectivity index (χ0) is 15.1. The molecule has 0 radical (unpaired) electrons. The number of aryl methyl sites for hydroxylation is 1. The average molecular weight is 289 g/mol. The van der Waals surface area contributed by atoms with E-state index in [1.165, 1.54) is 19.3 Å². The largest absolute Gasteiger partial charge is 0.381 e. The van der Waals surface area contributed by atoms with Crippen molar-refractivity contribution in [1.29, 1.82) is 0 Å². The highest BCUT2D eigenvalue weighted by atomic mass is 16.5. The zero-order valence-electron chi connectivity index (χ0n) is 14.0. The monoisotopic (exact) mass is 289 g/mol. The Balaban J connectivity index is 2.10. The van der Waals surface area contributed by atoms with Crippen LogP contribution < -0.4 is 5.32 Å². The van der Waals surface area contributed by atoms with Crippen molar-refractivity contribution in [2.45, 2.75) is 51.9 Å². The maximum absolute atomic E-state index is 5.89. The number of benzene rings is 1. The molecule has 0 aliphatic heterocycles. The molecular formula is C19H31NO. The first-order valence-corrected chi connectivity index (χ1v) is 8.55. The lowest BCUT2D eigenvalue weighted by Crippen LogP contribution is -2.42. The molecule has 21 heavy (non-hydrogen) atoms. The molecule has 1 N–H and O–H groups in total. The summed E-state index contributed by atoms with van der Waals surface area (Å²) in [5, 5.41) is 3.59. The highest BCUT2D eigenvalue weighted by Crippen LogP contribution is 2.39. The third-order valence-corrected chi connectivity index (χ3v) is 4.58. The molecule has 1 aromatic carbocycles. The first kappa shape index (κ1) is 16.5. The molecule has 118 valence electrons. The fourth-order valence-corrected chi connectivity index (χ4v) is 3.49. The van der Waals surface area contributed by atoms with Gasteiger partial charge in [-0.25, -0.2) is 0 Å². The van der Waals surface area contributed by atoms with Gasteiger partial charge in [-0.05, 0) is 49.3 Å². The van der Waals surface area contributed by atoms with E-state index in [0.717, 1.165) is 32.7 Å². The predicted octanol–water partition coefficient (Wildman–Crippen LogP) is 3.93. The molecule has 0 fully saturated rings. The van der Waals surface area contributed by atoms with Crippen molar-refractivity contribution in [2.24, 2.45) is 5.92 Å². The molecule has 1 unspecified atom stereocenters. The molecule has 2 heteroatoms. The van der Waals surface area contributed by atoms with Crippen molar-refractivity contribution in [3.8, 4) is 0 Å². The van der Waals surface area contributed by atoms with E-state index in [0.29, 0.717) is 5.92 Å². The Labute approximate surface area is 130 Å². The van der Waals surface area contributed by atoms with Crippen LogP contribution in [-0.2, 0) is 16.6 Å². The Bertz CT molecular complexity index is 429. The number of hydrogen-bond donors (Lipinski definition) is 1. The van der Waals surface area contributed by atoms with Crippen LogP contribution in [0.1, 0.15) is 51.2 Å². The molecule has 1 aliphatic rings. The van der Waals surface area contributed by atoms with Crippen molar-refractivity contribution in [1.82, 2.24) is 5.32 Å². The van der Waals surface area contributed by atoms with Gasteiger partial charge in [0, 0.05) is 25.2 Å². The molecule has 2 nitrogen and oxygen atoms in total. The van der Waals surface area contributed by atoms with Crippen molar-refractivity contribution >= 4 is 0 Å². The first-order valence-electron chi connectivity index (χ1n) is 8.55. The Hall–Kier alpha value is -0.860. The third-order valence-electron chi connectivity index (χ3n) is 4.58. The standard InChI is InChI=1S/C19H31NO/c1-4-20-15-19(12-13-21-14-16(2)3)11-7-9-17-8-5-6-10-18(17)19/h5-6,8,10,16,20H,4,7,9,11-15H2,1-3H3. The topological polar surface area (TPSA) is 21.3 Å². The lowest BCUT2D eigenvalue weighted by molar-refractivity contribution is 0.0887. The minimum absolute atomic E-state index is 0.266. The van der Waals surface area contributed by atoms with Crippen LogP contribution in [0.25, 0.3) is 0 Å². The van der Waals surface area contributed by atoms with E-state index in [4.69, 9.17) is 4.74 Å². The smallest absolute Gasteiger partial charge is 0.0488 e. The van der Waals surface area contributed by atoms with E-state index in [-0.39, 0.29) is 5.41 Å². The van der Waals surface area contributed by atoms with Crippen LogP contribution in [0.2, 0.25) is 0 Å². The molecule has 0 bridgehead atoms. The highest BCUT2D eigenvalue weighted by molar-refractivity contribution is 5.37. The second-order valence-corrected chi connectivity index (χ2v) is 6.79. The SMILES string of the molecule is CCNCC1(CCOCC(C)C)CCCc2ccccc21. The van der Waals surface area contributed by atoms with Crippen molar-refractivity contribution in [3.63, 3.8) is 0 Å². The lowest BCUT2D eigenvalue weighted by atomic mass is 9.68. The van der Waals surface area contributed by atoms with Gasteiger partial charge in [0.15, 0.2) is 0 Å². The lowest BCUT2D eigenvalue weighted by Gasteiger charge is -2.39. The minimum Gasteiger partial charge on any atom is -0.381 e. The summed E-state index contributed by atoms with van der Waals surface area (Å²) in [6, 6.07) is 9.02. The van der Waals surface area contributed by atoms with Gasteiger partial charge >= 0.3 is 0 Å². The Morgan fingerprint density at radius 1 is 1.29 bits per heavy atom. The molecule has 1 aromatic rings. The molecule has 1 atom stereocenters. The van der Waals surface area contributed by atoms with Crippen molar-refractivity contribution in [3.05, 3.63) is 35.4 Å². The Morgan fingerprint density at radius 2 is 2.10 bits per heavy atom. The van der Waals surface area contributed by atoms with Crippen molar-refractivity contribution < 1.29 is 4.74 Å². The van der Waals surface area contributed by atoms with Gasteiger partial charge in [-0.15, -0.1) is 0 Å². The van der Waals surface area contributed by atoms with Gasteiger partial charge < -0.3 is 10.1 Å². The average Bonchev–Trinajstić information content (AvgIpc) is 2.50. The molecule has 0 heterocycles. The second-order valence-electron chi connectivity index (χ2n) is 6.79. The van der Waals surface area contributed by atoms with Gasteiger partial charge in [0.1, 0.15) is 0 Å². The summed E-state index contributed by atoms with van der Waals surface area (Å²) < 4.78 is 5.89. The van der Waals surface area contributed by atoms with E-state index in [9.17, 15) is 0 Å². The predicted molar refractivity (Wildman–Crippen MR) is 89.9 cm³/mol. The molecule has 0 saturated heterocycles. The first-order chi connectivity index (χ1) is 10.2. The molecule has 0 amide bonds. The van der Waals surface area contributed by atoms with Crippen molar-refractivity contribution in [2.75, 3.05) is 26.3 Å². The number of ether oxygens (including phenoxy) is 1. The summed E-state index contributed by atoms with van der Waals surface area (Å²) >= 11 is 0. The zero-order valence-corrected chi connectivity index (χ0v) is 14.0.